The number of hydrogen-bond acceptors (Lipinski definition) is 3. The molecule has 0 radical (unpaired) electrons. The number of rotatable bonds is 5. The van der Waals surface area contributed by atoms with Gasteiger partial charge in [0.25, 0.3) is 0 Å². The average Bonchev–Trinajstić information content (AvgIpc) is 2.85. The fourth-order valence-electron chi connectivity index (χ4n) is 2.55. The van der Waals surface area contributed by atoms with Crippen molar-refractivity contribution in [2.45, 2.75) is 45.6 Å². The molecule has 0 aliphatic carbocycles. The normalized spacial score (nSPS) is 19.6. The van der Waals surface area contributed by atoms with Gasteiger partial charge in [-0.3, -0.25) is 0 Å². The third kappa shape index (κ3) is 2.90. The van der Waals surface area contributed by atoms with Gasteiger partial charge in [0, 0.05) is 37.1 Å². The fraction of sp³-hybridized carbons (Fsp3) is 0.643. The lowest BCUT2D eigenvalue weighted by atomic mass is 10.1. The molecule has 94 valence electrons. The molecule has 1 aliphatic rings. The summed E-state index contributed by atoms with van der Waals surface area (Å²) in [7, 11) is 0. The quantitative estimate of drug-likeness (QED) is 0.846. The Morgan fingerprint density at radius 3 is 3.12 bits per heavy atom. The first-order chi connectivity index (χ1) is 8.35. The summed E-state index contributed by atoms with van der Waals surface area (Å²) in [6.45, 7) is 6.63. The number of anilines is 2. The molecule has 1 fully saturated rings. The number of nitrogens with one attached hydrogen (secondary N) is 1. The second-order valence-electron chi connectivity index (χ2n) is 4.72. The molecule has 0 saturated carbocycles. The van der Waals surface area contributed by atoms with Crippen molar-refractivity contribution in [3.63, 3.8) is 0 Å². The first-order valence-corrected chi connectivity index (χ1v) is 6.81. The van der Waals surface area contributed by atoms with Crippen molar-refractivity contribution in [3.05, 3.63) is 18.3 Å². The summed E-state index contributed by atoms with van der Waals surface area (Å²) in [5.41, 5.74) is 1.32. The van der Waals surface area contributed by atoms with Crippen molar-refractivity contribution >= 4 is 11.5 Å². The third-order valence-corrected chi connectivity index (χ3v) is 3.48. The molecule has 1 aliphatic heterocycles. The van der Waals surface area contributed by atoms with Crippen LogP contribution >= 0.6 is 0 Å². The van der Waals surface area contributed by atoms with Crippen molar-refractivity contribution in [3.8, 4) is 0 Å². The Hall–Kier alpha value is -1.25. The predicted molar refractivity (Wildman–Crippen MR) is 73.7 cm³/mol. The van der Waals surface area contributed by atoms with Crippen molar-refractivity contribution in [1.82, 2.24) is 4.98 Å². The number of pyridine rings is 1. The number of aromatic nitrogens is 1. The zero-order valence-electron chi connectivity index (χ0n) is 10.9. The molecule has 2 rings (SSSR count). The molecule has 1 N–H and O–H groups in total. The van der Waals surface area contributed by atoms with E-state index < -0.39 is 0 Å². The Kier molecular flexibility index (Phi) is 4.24. The SMILES string of the molecule is CCCNc1cc(N2CCCC2CC)ccn1. The Morgan fingerprint density at radius 2 is 2.35 bits per heavy atom. The van der Waals surface area contributed by atoms with Gasteiger partial charge in [-0.2, -0.15) is 0 Å². The maximum Gasteiger partial charge on any atom is 0.127 e. The fourth-order valence-corrected chi connectivity index (χ4v) is 2.55. The van der Waals surface area contributed by atoms with E-state index >= 15 is 0 Å². The lowest BCUT2D eigenvalue weighted by Crippen LogP contribution is -2.28. The summed E-state index contributed by atoms with van der Waals surface area (Å²) in [6.07, 6.45) is 6.93. The van der Waals surface area contributed by atoms with E-state index in [2.05, 4.69) is 41.2 Å². The van der Waals surface area contributed by atoms with Crippen molar-refractivity contribution < 1.29 is 0 Å². The van der Waals surface area contributed by atoms with E-state index in [9.17, 15) is 0 Å². The second-order valence-corrected chi connectivity index (χ2v) is 4.72. The van der Waals surface area contributed by atoms with Crippen LogP contribution in [0.5, 0.6) is 0 Å². The van der Waals surface area contributed by atoms with E-state index in [1.54, 1.807) is 0 Å². The molecule has 2 heterocycles. The zero-order chi connectivity index (χ0) is 12.1. The summed E-state index contributed by atoms with van der Waals surface area (Å²) < 4.78 is 0. The van der Waals surface area contributed by atoms with Crippen LogP contribution < -0.4 is 10.2 Å². The van der Waals surface area contributed by atoms with Crippen LogP contribution in [-0.2, 0) is 0 Å². The molecular formula is C14H23N3. The van der Waals surface area contributed by atoms with Gasteiger partial charge >= 0.3 is 0 Å². The molecule has 1 saturated heterocycles. The zero-order valence-corrected chi connectivity index (χ0v) is 10.9. The van der Waals surface area contributed by atoms with E-state index in [1.165, 1.54) is 31.5 Å². The lowest BCUT2D eigenvalue weighted by Gasteiger charge is -2.26. The van der Waals surface area contributed by atoms with Gasteiger partial charge in [0.05, 0.1) is 0 Å². The van der Waals surface area contributed by atoms with Gasteiger partial charge in [0.15, 0.2) is 0 Å². The summed E-state index contributed by atoms with van der Waals surface area (Å²) in [5, 5.41) is 3.35. The van der Waals surface area contributed by atoms with Crippen molar-refractivity contribution in [2.24, 2.45) is 0 Å². The molecule has 1 atom stereocenters. The third-order valence-electron chi connectivity index (χ3n) is 3.48. The van der Waals surface area contributed by atoms with Crippen LogP contribution in [0.1, 0.15) is 39.5 Å². The number of hydrogen-bond donors (Lipinski definition) is 1. The van der Waals surface area contributed by atoms with Gasteiger partial charge in [-0.05, 0) is 31.7 Å². The van der Waals surface area contributed by atoms with E-state index in [0.29, 0.717) is 0 Å². The lowest BCUT2D eigenvalue weighted by molar-refractivity contribution is 0.645. The van der Waals surface area contributed by atoms with Gasteiger partial charge < -0.3 is 10.2 Å². The Morgan fingerprint density at radius 1 is 1.47 bits per heavy atom. The molecule has 1 aromatic rings. The molecule has 17 heavy (non-hydrogen) atoms. The largest absolute Gasteiger partial charge is 0.370 e. The first-order valence-electron chi connectivity index (χ1n) is 6.81. The predicted octanol–water partition coefficient (Wildman–Crippen LogP) is 3.28. The van der Waals surface area contributed by atoms with E-state index in [-0.39, 0.29) is 0 Å². The van der Waals surface area contributed by atoms with Crippen LogP contribution in [0.25, 0.3) is 0 Å². The maximum atomic E-state index is 4.36. The monoisotopic (exact) mass is 233 g/mol. The van der Waals surface area contributed by atoms with E-state index in [1.807, 2.05) is 6.20 Å². The minimum Gasteiger partial charge on any atom is -0.370 e. The molecule has 3 nitrogen and oxygen atoms in total. The van der Waals surface area contributed by atoms with Crippen molar-refractivity contribution in [1.29, 1.82) is 0 Å². The average molecular weight is 233 g/mol. The highest BCUT2D eigenvalue weighted by Gasteiger charge is 2.23. The maximum absolute atomic E-state index is 4.36. The van der Waals surface area contributed by atoms with Gasteiger partial charge in [-0.25, -0.2) is 4.98 Å². The molecular weight excluding hydrogens is 210 g/mol. The molecule has 0 spiro atoms. The van der Waals surface area contributed by atoms with Crippen LogP contribution in [0.4, 0.5) is 11.5 Å². The standard InChI is InChI=1S/C14H23N3/c1-3-8-15-14-11-13(7-9-16-14)17-10-5-6-12(17)4-2/h7,9,11-12H,3-6,8,10H2,1-2H3,(H,15,16). The van der Waals surface area contributed by atoms with Crippen LogP contribution in [0, 0.1) is 0 Å². The minimum absolute atomic E-state index is 0.719. The summed E-state index contributed by atoms with van der Waals surface area (Å²) in [5.74, 6) is 1.01. The van der Waals surface area contributed by atoms with Crippen LogP contribution in [0.2, 0.25) is 0 Å². The highest BCUT2D eigenvalue weighted by atomic mass is 15.2. The van der Waals surface area contributed by atoms with Crippen LogP contribution in [0.3, 0.4) is 0 Å². The highest BCUT2D eigenvalue weighted by Crippen LogP contribution is 2.28. The molecule has 0 amide bonds. The first kappa shape index (κ1) is 12.2. The van der Waals surface area contributed by atoms with Gasteiger partial charge in [-0.15, -0.1) is 0 Å². The van der Waals surface area contributed by atoms with Crippen LogP contribution in [-0.4, -0.2) is 24.1 Å². The number of nitrogens with zero attached hydrogens (tertiary/aromatic N) is 2. The van der Waals surface area contributed by atoms with E-state index in [4.69, 9.17) is 0 Å². The Balaban J connectivity index is 2.09. The van der Waals surface area contributed by atoms with Gasteiger partial charge in [0.2, 0.25) is 0 Å². The second kappa shape index (κ2) is 5.89. The minimum atomic E-state index is 0.719. The van der Waals surface area contributed by atoms with Gasteiger partial charge in [-0.1, -0.05) is 13.8 Å². The smallest absolute Gasteiger partial charge is 0.127 e. The summed E-state index contributed by atoms with van der Waals surface area (Å²) in [4.78, 5) is 6.89. The molecule has 1 unspecified atom stereocenters. The summed E-state index contributed by atoms with van der Waals surface area (Å²) >= 11 is 0. The molecule has 0 bridgehead atoms. The molecule has 1 aromatic heterocycles. The van der Waals surface area contributed by atoms with Crippen LogP contribution in [0.15, 0.2) is 18.3 Å². The molecule has 0 aromatic carbocycles. The topological polar surface area (TPSA) is 28.2 Å². The molecule has 3 heteroatoms. The van der Waals surface area contributed by atoms with E-state index in [0.717, 1.165) is 24.8 Å². The van der Waals surface area contributed by atoms with Gasteiger partial charge in [0.1, 0.15) is 5.82 Å². The Bertz CT molecular complexity index is 351. The summed E-state index contributed by atoms with van der Waals surface area (Å²) in [6, 6.07) is 5.03. The Labute approximate surface area is 104 Å². The highest BCUT2D eigenvalue weighted by molar-refractivity contribution is 5.55. The van der Waals surface area contributed by atoms with Crippen molar-refractivity contribution in [2.75, 3.05) is 23.3 Å².